The summed E-state index contributed by atoms with van der Waals surface area (Å²) in [5, 5.41) is 13.8. The van der Waals surface area contributed by atoms with Gasteiger partial charge in [-0.1, -0.05) is 12.1 Å². The Hall–Kier alpha value is -4.31. The van der Waals surface area contributed by atoms with E-state index in [0.717, 1.165) is 37.1 Å². The molecule has 2 aliphatic heterocycles. The van der Waals surface area contributed by atoms with Crippen molar-refractivity contribution in [2.24, 2.45) is 5.41 Å². The van der Waals surface area contributed by atoms with Gasteiger partial charge in [0.2, 0.25) is 5.91 Å². The third kappa shape index (κ3) is 3.84. The number of amides is 2. The van der Waals surface area contributed by atoms with Crippen molar-refractivity contribution in [3.05, 3.63) is 71.9 Å². The van der Waals surface area contributed by atoms with Crippen LogP contribution in [0.1, 0.15) is 72.1 Å². The Morgan fingerprint density at radius 1 is 1.02 bits per heavy atom. The van der Waals surface area contributed by atoms with Crippen LogP contribution in [0.2, 0.25) is 0 Å². The number of aliphatic hydroxyl groups is 1. The lowest BCUT2D eigenvalue weighted by Crippen LogP contribution is -2.44. The van der Waals surface area contributed by atoms with Crippen LogP contribution in [0.25, 0.3) is 16.8 Å². The van der Waals surface area contributed by atoms with Crippen molar-refractivity contribution >= 4 is 29.0 Å². The summed E-state index contributed by atoms with van der Waals surface area (Å²) in [6.07, 6.45) is 10.2. The molecule has 41 heavy (non-hydrogen) atoms. The maximum atomic E-state index is 13.2. The molecule has 2 amide bonds. The highest BCUT2D eigenvalue weighted by Crippen LogP contribution is 2.58. The maximum Gasteiger partial charge on any atom is 0.256 e. The second-order valence-electron chi connectivity index (χ2n) is 12.0. The van der Waals surface area contributed by atoms with Crippen LogP contribution in [0, 0.1) is 5.41 Å². The van der Waals surface area contributed by atoms with Crippen molar-refractivity contribution in [1.29, 1.82) is 0 Å². The van der Waals surface area contributed by atoms with Gasteiger partial charge in [-0.2, -0.15) is 0 Å². The molecule has 0 radical (unpaired) electrons. The van der Waals surface area contributed by atoms with Crippen molar-refractivity contribution in [3.63, 3.8) is 0 Å². The molecule has 0 bridgehead atoms. The van der Waals surface area contributed by atoms with Crippen LogP contribution in [0.3, 0.4) is 0 Å². The Morgan fingerprint density at radius 2 is 1.80 bits per heavy atom. The lowest BCUT2D eigenvalue weighted by atomic mass is 9.89. The first-order chi connectivity index (χ1) is 19.9. The number of aliphatic hydroxyl groups excluding tert-OH is 1. The largest absolute Gasteiger partial charge is 0.390 e. The summed E-state index contributed by atoms with van der Waals surface area (Å²) in [5.74, 6) is 2.19. The normalized spacial score (nSPS) is 24.6. The van der Waals surface area contributed by atoms with Crippen LogP contribution in [0.5, 0.6) is 0 Å². The van der Waals surface area contributed by atoms with Crippen LogP contribution in [0.15, 0.2) is 55.0 Å². The van der Waals surface area contributed by atoms with Gasteiger partial charge in [-0.15, -0.1) is 0 Å². The van der Waals surface area contributed by atoms with Crippen LogP contribution < -0.4 is 11.1 Å². The zero-order valence-electron chi connectivity index (χ0n) is 22.5. The van der Waals surface area contributed by atoms with E-state index in [4.69, 9.17) is 10.7 Å². The summed E-state index contributed by atoms with van der Waals surface area (Å²) >= 11 is 0. The summed E-state index contributed by atoms with van der Waals surface area (Å²) in [6.45, 7) is 0.526. The van der Waals surface area contributed by atoms with Crippen molar-refractivity contribution in [1.82, 2.24) is 24.3 Å². The van der Waals surface area contributed by atoms with Gasteiger partial charge in [-0.25, -0.2) is 15.0 Å². The van der Waals surface area contributed by atoms with E-state index in [1.165, 1.54) is 18.4 Å². The van der Waals surface area contributed by atoms with Gasteiger partial charge in [-0.05, 0) is 74.3 Å². The van der Waals surface area contributed by atoms with E-state index in [0.29, 0.717) is 40.9 Å². The van der Waals surface area contributed by atoms with Gasteiger partial charge in [0, 0.05) is 42.2 Å². The topological polar surface area (TPSA) is 139 Å². The number of rotatable bonds is 5. The number of nitrogens with one attached hydrogen (secondary N) is 1. The molecule has 3 aromatic heterocycles. The number of carbonyl (C=O) groups is 2. The van der Waals surface area contributed by atoms with E-state index in [9.17, 15) is 14.7 Å². The second kappa shape index (κ2) is 8.84. The zero-order valence-corrected chi connectivity index (χ0v) is 22.5. The molecule has 208 valence electrons. The molecular weight excluding hydrogens is 518 g/mol. The van der Waals surface area contributed by atoms with Gasteiger partial charge in [0.1, 0.15) is 28.7 Å². The first-order valence-corrected chi connectivity index (χ1v) is 14.4. The monoisotopic (exact) mass is 549 g/mol. The minimum Gasteiger partial charge on any atom is -0.390 e. The molecule has 4 N–H and O–H groups in total. The first kappa shape index (κ1) is 24.5. The van der Waals surface area contributed by atoms with Crippen molar-refractivity contribution in [2.75, 3.05) is 17.6 Å². The van der Waals surface area contributed by atoms with E-state index in [2.05, 4.69) is 15.3 Å². The number of anilines is 2. The number of nitrogen functional groups attached to an aromatic ring is 1. The Morgan fingerprint density at radius 3 is 2.56 bits per heavy atom. The third-order valence-corrected chi connectivity index (χ3v) is 9.50. The molecule has 2 aliphatic carbocycles. The van der Waals surface area contributed by atoms with Gasteiger partial charge in [-0.3, -0.25) is 14.0 Å². The van der Waals surface area contributed by atoms with Gasteiger partial charge in [0.15, 0.2) is 0 Å². The lowest BCUT2D eigenvalue weighted by Gasteiger charge is -2.35. The highest BCUT2D eigenvalue weighted by Gasteiger charge is 2.66. The van der Waals surface area contributed by atoms with Crippen LogP contribution in [-0.4, -0.2) is 59.9 Å². The van der Waals surface area contributed by atoms with E-state index < -0.39 is 11.5 Å². The van der Waals surface area contributed by atoms with Crippen LogP contribution in [-0.2, 0) is 4.79 Å². The quantitative estimate of drug-likeness (QED) is 0.345. The number of hydrogen-bond donors (Lipinski definition) is 3. The molecule has 8 rings (SSSR count). The molecule has 10 heteroatoms. The highest BCUT2D eigenvalue weighted by molar-refractivity contribution is 6.04. The number of pyridine rings is 1. The van der Waals surface area contributed by atoms with E-state index in [-0.39, 0.29) is 23.8 Å². The molecule has 2 saturated heterocycles. The number of fused-ring (bicyclic) bond motifs is 2. The summed E-state index contributed by atoms with van der Waals surface area (Å²) in [4.78, 5) is 41.7. The highest BCUT2D eigenvalue weighted by atomic mass is 16.3. The van der Waals surface area contributed by atoms with Crippen LogP contribution >= 0.6 is 0 Å². The van der Waals surface area contributed by atoms with Gasteiger partial charge in [0.05, 0.1) is 17.6 Å². The summed E-state index contributed by atoms with van der Waals surface area (Å²) in [6, 6.07) is 11.1. The number of carbonyl (C=O) groups excluding carboxylic acids is 2. The maximum absolute atomic E-state index is 13.2. The molecule has 10 nitrogen and oxygen atoms in total. The Bertz CT molecular complexity index is 1710. The Balaban J connectivity index is 1.07. The molecular formula is C31H31N7O3. The van der Waals surface area contributed by atoms with Gasteiger partial charge < -0.3 is 21.1 Å². The molecule has 2 saturated carbocycles. The predicted octanol–water partition coefficient (Wildman–Crippen LogP) is 3.73. The molecule has 1 aromatic carbocycles. The van der Waals surface area contributed by atoms with Crippen LogP contribution in [0.4, 0.5) is 11.6 Å². The number of nitrogens with two attached hydrogens (primary N) is 1. The average molecular weight is 550 g/mol. The lowest BCUT2D eigenvalue weighted by molar-refractivity contribution is -0.134. The molecule has 4 aromatic rings. The molecule has 2 unspecified atom stereocenters. The summed E-state index contributed by atoms with van der Waals surface area (Å²) < 4.78 is 1.98. The summed E-state index contributed by atoms with van der Waals surface area (Å²) in [7, 11) is 0. The first-order valence-electron chi connectivity index (χ1n) is 14.4. The number of nitrogens with zero attached hydrogens (tertiary/aromatic N) is 5. The van der Waals surface area contributed by atoms with Crippen molar-refractivity contribution < 1.29 is 14.7 Å². The van der Waals surface area contributed by atoms with Crippen molar-refractivity contribution in [3.8, 4) is 11.3 Å². The predicted molar refractivity (Wildman–Crippen MR) is 152 cm³/mol. The fraction of sp³-hybridized carbons (Fsp3) is 0.387. The smallest absolute Gasteiger partial charge is 0.256 e. The third-order valence-electron chi connectivity index (χ3n) is 9.50. The fourth-order valence-corrected chi connectivity index (χ4v) is 6.92. The SMILES string of the molecule is Nc1nccn2c(C3CC[C@H]4C(O)C5(CC5)C(=O)N4C3)nc(-c3ccc(C(=O)Nc4cc(C5CC5)ccn4)cc3)c12. The Labute approximate surface area is 236 Å². The molecule has 4 fully saturated rings. The standard InChI is InChI=1S/C31H31N7O3/c32-27-25-24(18-3-5-19(6-4-18)29(40)35-23-15-20(9-12-33-23)17-1-2-17)36-28(37(25)14-13-34-27)21-7-8-22-26(39)31(10-11-31)30(41)38(22)16-21/h3-6,9,12-15,17,21-22,26,39H,1-2,7-8,10-11,16H2,(H2,32,34)(H,33,35,40)/t21?,22-,26?/m0/s1. The summed E-state index contributed by atoms with van der Waals surface area (Å²) in [5.41, 5.74) is 9.76. The van der Waals surface area contributed by atoms with E-state index in [1.54, 1.807) is 24.5 Å². The fourth-order valence-electron chi connectivity index (χ4n) is 6.92. The van der Waals surface area contributed by atoms with Crippen molar-refractivity contribution in [2.45, 2.75) is 62.5 Å². The van der Waals surface area contributed by atoms with Gasteiger partial charge in [0.25, 0.3) is 5.91 Å². The van der Waals surface area contributed by atoms with E-state index >= 15 is 0 Å². The number of piperidine rings is 1. The number of aromatic nitrogens is 4. The Kier molecular flexibility index (Phi) is 5.28. The number of imidazole rings is 1. The minimum absolute atomic E-state index is 0.00306. The molecule has 5 heterocycles. The van der Waals surface area contributed by atoms with Gasteiger partial charge >= 0.3 is 0 Å². The second-order valence-corrected chi connectivity index (χ2v) is 12.0. The van der Waals surface area contributed by atoms with E-state index in [1.807, 2.05) is 39.8 Å². The molecule has 4 aliphatic rings. The minimum atomic E-state index is -0.572. The molecule has 3 atom stereocenters. The number of benzene rings is 1. The number of hydrogen-bond acceptors (Lipinski definition) is 7. The average Bonchev–Trinajstić information content (AvgIpc) is 3.93. The molecule has 1 spiro atoms. The zero-order chi connectivity index (χ0) is 27.9.